The maximum absolute atomic E-state index is 12.2. The molecule has 1 atom stereocenters. The highest BCUT2D eigenvalue weighted by Crippen LogP contribution is 2.39. The molecule has 1 aromatic rings. The Morgan fingerprint density at radius 1 is 0.844 bits per heavy atom. The monoisotopic (exact) mass is 470 g/mol. The van der Waals surface area contributed by atoms with E-state index in [4.69, 9.17) is 0 Å². The molecule has 0 fully saturated rings. The summed E-state index contributed by atoms with van der Waals surface area (Å²) >= 11 is 0. The van der Waals surface area contributed by atoms with Crippen molar-refractivity contribution in [2.75, 3.05) is 0 Å². The molecule has 0 saturated carbocycles. The lowest BCUT2D eigenvalue weighted by Crippen LogP contribution is -2.28. The van der Waals surface area contributed by atoms with Crippen molar-refractivity contribution in [2.24, 2.45) is 5.41 Å². The van der Waals surface area contributed by atoms with Gasteiger partial charge < -0.3 is 17.4 Å². The van der Waals surface area contributed by atoms with E-state index < -0.39 is 5.97 Å². The third kappa shape index (κ3) is 13.2. The summed E-state index contributed by atoms with van der Waals surface area (Å²) in [5, 5.41) is 9.99. The van der Waals surface area contributed by atoms with Crippen molar-refractivity contribution in [3.63, 3.8) is 0 Å². The van der Waals surface area contributed by atoms with Gasteiger partial charge in [-0.1, -0.05) is 121 Å². The Kier molecular flexibility index (Phi) is 22.3. The van der Waals surface area contributed by atoms with Crippen LogP contribution in [-0.4, -0.2) is 11.1 Å². The normalized spacial score (nSPS) is 13.0. The lowest BCUT2D eigenvalue weighted by atomic mass is 9.71. The van der Waals surface area contributed by atoms with E-state index in [1.54, 1.807) is 0 Å². The highest BCUT2D eigenvalue weighted by atomic mass is 35.5. The van der Waals surface area contributed by atoms with Gasteiger partial charge in [-0.3, -0.25) is 0 Å². The van der Waals surface area contributed by atoms with Crippen molar-refractivity contribution in [3.8, 4) is 0 Å². The first-order chi connectivity index (χ1) is 13.9. The first-order valence-electron chi connectivity index (χ1n) is 11.9. The summed E-state index contributed by atoms with van der Waals surface area (Å²) < 4.78 is 0. The number of carboxylic acid groups (broad SMARTS) is 1. The molecule has 0 amide bonds. The summed E-state index contributed by atoms with van der Waals surface area (Å²) in [6, 6.07) is 10.4. The van der Waals surface area contributed by atoms with Crippen LogP contribution in [0.3, 0.4) is 0 Å². The molecule has 0 saturated heterocycles. The minimum absolute atomic E-state index is 0. The molecule has 0 aromatic heterocycles. The molecule has 0 bridgehead atoms. The lowest BCUT2D eigenvalue weighted by molar-refractivity contribution is -0.134. The van der Waals surface area contributed by atoms with Crippen molar-refractivity contribution in [1.82, 2.24) is 12.3 Å². The minimum atomic E-state index is -0.741. The lowest BCUT2D eigenvalue weighted by Gasteiger charge is -2.32. The topological polar surface area (TPSA) is 107 Å². The van der Waals surface area contributed by atoms with Gasteiger partial charge in [0, 0.05) is 11.0 Å². The van der Waals surface area contributed by atoms with E-state index >= 15 is 0 Å². The fraction of sp³-hybridized carbons (Fsp3) is 0.667. The van der Waals surface area contributed by atoms with Crippen molar-refractivity contribution < 1.29 is 9.90 Å². The Morgan fingerprint density at radius 3 is 1.75 bits per heavy atom. The Labute approximate surface area is 204 Å². The van der Waals surface area contributed by atoms with E-state index in [9.17, 15) is 9.90 Å². The van der Waals surface area contributed by atoms with Crippen LogP contribution in [0.4, 0.5) is 0 Å². The standard InChI is InChI=1S/C27H44O2.ClH.2H3N/c1-5-7-8-9-10-11-12-13-14-18-21-27(4,22-24-19-16-15-17-20-24)25(26(28)29)23(3)6-2;;;/h15-17,19-20H,5-14,18,21-22H2,1-4H3,(H,28,29);1H;2*1H3. The predicted octanol–water partition coefficient (Wildman–Crippen LogP) is 9.10. The summed E-state index contributed by atoms with van der Waals surface area (Å²) in [4.78, 5) is 12.2. The molecule has 1 aromatic carbocycles. The number of carbonyl (C=O) groups is 1. The SMILES string of the molecule is CCCCCCCCCCCCC(C)(Cc1ccccc1)C(C(=O)O)=C(C)CC.Cl.N.N. The van der Waals surface area contributed by atoms with Crippen LogP contribution >= 0.6 is 12.4 Å². The molecule has 1 rings (SSSR count). The summed E-state index contributed by atoms with van der Waals surface area (Å²) in [6.07, 6.45) is 15.6. The van der Waals surface area contributed by atoms with Gasteiger partial charge in [0.05, 0.1) is 0 Å². The van der Waals surface area contributed by atoms with Crippen LogP contribution in [0.2, 0.25) is 0 Å². The molecule has 0 aliphatic heterocycles. The first-order valence-corrected chi connectivity index (χ1v) is 11.9. The average Bonchev–Trinajstić information content (AvgIpc) is 2.69. The zero-order chi connectivity index (χ0) is 21.5. The second kappa shape index (κ2) is 20.3. The van der Waals surface area contributed by atoms with Crippen LogP contribution in [0.5, 0.6) is 0 Å². The zero-order valence-electron chi connectivity index (χ0n) is 21.3. The van der Waals surface area contributed by atoms with E-state index in [2.05, 4.69) is 32.9 Å². The summed E-state index contributed by atoms with van der Waals surface area (Å²) in [5.41, 5.74) is 2.57. The molecule has 0 aliphatic rings. The number of aliphatic carboxylic acids is 1. The third-order valence-electron chi connectivity index (χ3n) is 6.29. The Balaban J connectivity index is -0.00000280. The summed E-state index contributed by atoms with van der Waals surface area (Å²) in [5.74, 6) is -0.741. The van der Waals surface area contributed by atoms with Gasteiger partial charge in [-0.15, -0.1) is 12.4 Å². The van der Waals surface area contributed by atoms with E-state index in [1.807, 2.05) is 25.1 Å². The molecule has 4 nitrogen and oxygen atoms in total. The third-order valence-corrected chi connectivity index (χ3v) is 6.29. The zero-order valence-corrected chi connectivity index (χ0v) is 22.1. The van der Waals surface area contributed by atoms with Gasteiger partial charge in [0.15, 0.2) is 0 Å². The number of allylic oxidation sites excluding steroid dienone is 1. The van der Waals surface area contributed by atoms with Crippen LogP contribution in [0.15, 0.2) is 41.5 Å². The van der Waals surface area contributed by atoms with Crippen molar-refractivity contribution in [1.29, 1.82) is 0 Å². The summed E-state index contributed by atoms with van der Waals surface area (Å²) in [6.45, 7) is 8.47. The maximum Gasteiger partial charge on any atom is 0.332 e. The smallest absolute Gasteiger partial charge is 0.332 e. The molecular weight excluding hydrogens is 420 g/mol. The Morgan fingerprint density at radius 2 is 1.31 bits per heavy atom. The van der Waals surface area contributed by atoms with Crippen LogP contribution in [-0.2, 0) is 11.2 Å². The van der Waals surface area contributed by atoms with E-state index in [1.165, 1.54) is 63.4 Å². The molecule has 188 valence electrons. The van der Waals surface area contributed by atoms with Crippen LogP contribution in [0.25, 0.3) is 0 Å². The maximum atomic E-state index is 12.2. The Bertz CT molecular complexity index is 619. The molecule has 0 aliphatic carbocycles. The average molecular weight is 471 g/mol. The molecule has 5 heteroatoms. The van der Waals surface area contributed by atoms with Crippen molar-refractivity contribution in [3.05, 3.63) is 47.0 Å². The van der Waals surface area contributed by atoms with E-state index in [0.29, 0.717) is 5.57 Å². The number of halogens is 1. The van der Waals surface area contributed by atoms with Gasteiger partial charge in [0.1, 0.15) is 0 Å². The summed E-state index contributed by atoms with van der Waals surface area (Å²) in [7, 11) is 0. The predicted molar refractivity (Wildman–Crippen MR) is 143 cm³/mol. The number of carboxylic acids is 1. The largest absolute Gasteiger partial charge is 0.478 e. The van der Waals surface area contributed by atoms with Gasteiger partial charge in [-0.25, -0.2) is 4.79 Å². The second-order valence-corrected chi connectivity index (χ2v) is 8.97. The van der Waals surface area contributed by atoms with Crippen LogP contribution in [0, 0.1) is 5.41 Å². The minimum Gasteiger partial charge on any atom is -0.478 e. The number of hydrogen-bond donors (Lipinski definition) is 3. The van der Waals surface area contributed by atoms with Gasteiger partial charge in [-0.2, -0.15) is 0 Å². The fourth-order valence-electron chi connectivity index (χ4n) is 4.48. The van der Waals surface area contributed by atoms with Crippen LogP contribution in [0.1, 0.15) is 110 Å². The van der Waals surface area contributed by atoms with Crippen molar-refractivity contribution in [2.45, 2.75) is 111 Å². The quantitative estimate of drug-likeness (QED) is 0.165. The number of rotatable bonds is 16. The molecule has 7 N–H and O–H groups in total. The van der Waals surface area contributed by atoms with Crippen molar-refractivity contribution >= 4 is 18.4 Å². The highest BCUT2D eigenvalue weighted by Gasteiger charge is 2.34. The number of benzene rings is 1. The number of hydrogen-bond acceptors (Lipinski definition) is 3. The van der Waals surface area contributed by atoms with Gasteiger partial charge in [0.25, 0.3) is 0 Å². The highest BCUT2D eigenvalue weighted by molar-refractivity contribution is 5.89. The molecule has 1 unspecified atom stereocenters. The van der Waals surface area contributed by atoms with E-state index in [0.717, 1.165) is 31.3 Å². The Hall–Kier alpha value is -1.36. The van der Waals surface area contributed by atoms with Gasteiger partial charge in [-0.05, 0) is 31.7 Å². The van der Waals surface area contributed by atoms with Gasteiger partial charge in [0.2, 0.25) is 0 Å². The molecule has 0 spiro atoms. The second-order valence-electron chi connectivity index (χ2n) is 8.97. The fourth-order valence-corrected chi connectivity index (χ4v) is 4.48. The van der Waals surface area contributed by atoms with Gasteiger partial charge >= 0.3 is 5.97 Å². The molecular formula is C27H51ClN2O2. The number of unbranched alkanes of at least 4 members (excludes halogenated alkanes) is 9. The molecule has 0 radical (unpaired) electrons. The molecule has 32 heavy (non-hydrogen) atoms. The first kappa shape index (κ1) is 35.2. The van der Waals surface area contributed by atoms with Crippen LogP contribution < -0.4 is 12.3 Å². The molecule has 0 heterocycles. The van der Waals surface area contributed by atoms with E-state index in [-0.39, 0.29) is 30.1 Å².